The first-order chi connectivity index (χ1) is 15.3. The summed E-state index contributed by atoms with van der Waals surface area (Å²) in [7, 11) is -2.71. The Morgan fingerprint density at radius 2 is 1.45 bits per heavy atom. The molecule has 5 nitrogen and oxygen atoms in total. The highest BCUT2D eigenvalue weighted by Crippen LogP contribution is 2.38. The van der Waals surface area contributed by atoms with Crippen LogP contribution in [0.5, 0.6) is 0 Å². The lowest BCUT2D eigenvalue weighted by atomic mass is 10.2. The van der Waals surface area contributed by atoms with Gasteiger partial charge in [0.15, 0.2) is 0 Å². The molecule has 0 bridgehead atoms. The maximum absolute atomic E-state index is 13.1. The van der Waals surface area contributed by atoms with Crippen molar-refractivity contribution in [1.82, 2.24) is 4.90 Å². The van der Waals surface area contributed by atoms with Crippen molar-refractivity contribution in [3.8, 4) is 0 Å². The van der Waals surface area contributed by atoms with Gasteiger partial charge in [0, 0.05) is 0 Å². The minimum absolute atomic E-state index is 0.137. The third-order valence-electron chi connectivity index (χ3n) is 6.07. The Labute approximate surface area is 200 Å². The molecule has 1 aliphatic rings. The third kappa shape index (κ3) is 5.34. The standard InChI is InChI=1S/C27H39NO4Si/c1-25(2,3)32-24(29)28-21(19-30-27(28,7)8)20-31-33(26(4,5)6,22-15-11-9-12-16-22)23-17-13-10-14-18-23/h9-18,21H,19-20H2,1-8H3/t21-/m0/s1. The lowest BCUT2D eigenvalue weighted by Crippen LogP contribution is -2.67. The summed E-state index contributed by atoms with van der Waals surface area (Å²) in [6.45, 7) is 17.0. The van der Waals surface area contributed by atoms with Crippen LogP contribution in [0.25, 0.3) is 0 Å². The van der Waals surface area contributed by atoms with Crippen LogP contribution in [0.4, 0.5) is 4.79 Å². The van der Waals surface area contributed by atoms with Crippen molar-refractivity contribution in [2.24, 2.45) is 0 Å². The quantitative estimate of drug-likeness (QED) is 0.582. The number of benzene rings is 2. The fourth-order valence-corrected chi connectivity index (χ4v) is 9.27. The Morgan fingerprint density at radius 1 is 0.970 bits per heavy atom. The molecule has 6 heteroatoms. The number of ether oxygens (including phenoxy) is 2. The first-order valence-electron chi connectivity index (χ1n) is 11.7. The maximum Gasteiger partial charge on any atom is 0.412 e. The van der Waals surface area contributed by atoms with Gasteiger partial charge in [0.2, 0.25) is 0 Å². The first-order valence-corrected chi connectivity index (χ1v) is 13.6. The van der Waals surface area contributed by atoms with Crippen LogP contribution in [-0.4, -0.2) is 49.9 Å². The summed E-state index contributed by atoms with van der Waals surface area (Å²) in [6.07, 6.45) is -0.374. The maximum atomic E-state index is 13.1. The zero-order valence-electron chi connectivity index (χ0n) is 21.3. The van der Waals surface area contributed by atoms with Gasteiger partial charge < -0.3 is 13.9 Å². The summed E-state index contributed by atoms with van der Waals surface area (Å²) in [6, 6.07) is 20.8. The molecule has 1 amide bonds. The molecule has 3 rings (SSSR count). The van der Waals surface area contributed by atoms with Crippen LogP contribution in [0.2, 0.25) is 5.04 Å². The molecule has 2 aromatic carbocycles. The highest BCUT2D eigenvalue weighted by molar-refractivity contribution is 6.99. The van der Waals surface area contributed by atoms with E-state index in [1.165, 1.54) is 10.4 Å². The van der Waals surface area contributed by atoms with E-state index in [4.69, 9.17) is 13.9 Å². The second-order valence-electron chi connectivity index (χ2n) is 11.2. The van der Waals surface area contributed by atoms with Crippen molar-refractivity contribution in [2.75, 3.05) is 13.2 Å². The van der Waals surface area contributed by atoms with E-state index in [1.807, 2.05) is 46.8 Å². The van der Waals surface area contributed by atoms with Crippen LogP contribution in [0.15, 0.2) is 60.7 Å². The number of hydrogen-bond acceptors (Lipinski definition) is 4. The Kier molecular flexibility index (Phi) is 7.13. The summed E-state index contributed by atoms with van der Waals surface area (Å²) < 4.78 is 18.8. The number of nitrogens with zero attached hydrogens (tertiary/aromatic N) is 1. The highest BCUT2D eigenvalue weighted by Gasteiger charge is 2.52. The lowest BCUT2D eigenvalue weighted by molar-refractivity contribution is -0.0638. The van der Waals surface area contributed by atoms with Crippen LogP contribution < -0.4 is 10.4 Å². The van der Waals surface area contributed by atoms with E-state index in [0.29, 0.717) is 13.2 Å². The van der Waals surface area contributed by atoms with Gasteiger partial charge in [0.05, 0.1) is 19.3 Å². The molecule has 0 radical (unpaired) electrons. The Morgan fingerprint density at radius 3 is 1.88 bits per heavy atom. The monoisotopic (exact) mass is 469 g/mol. The largest absolute Gasteiger partial charge is 0.444 e. The molecule has 1 atom stereocenters. The lowest BCUT2D eigenvalue weighted by Gasteiger charge is -2.44. The summed E-state index contributed by atoms with van der Waals surface area (Å²) in [5, 5.41) is 2.29. The molecule has 1 heterocycles. The average Bonchev–Trinajstić information content (AvgIpc) is 3.02. The second-order valence-corrected chi connectivity index (χ2v) is 15.5. The zero-order chi connectivity index (χ0) is 24.5. The van der Waals surface area contributed by atoms with Crippen LogP contribution in [-0.2, 0) is 13.9 Å². The Balaban J connectivity index is 2.00. The van der Waals surface area contributed by atoms with Crippen LogP contribution in [0.3, 0.4) is 0 Å². The SMILES string of the molecule is CC(C)(C)OC(=O)N1[C@H](CO[Si](c2ccccc2)(c2ccccc2)C(C)(C)C)COC1(C)C. The van der Waals surface area contributed by atoms with E-state index in [1.54, 1.807) is 4.90 Å². The van der Waals surface area contributed by atoms with Crippen molar-refractivity contribution in [1.29, 1.82) is 0 Å². The van der Waals surface area contributed by atoms with Gasteiger partial charge in [0.1, 0.15) is 11.3 Å². The summed E-state index contributed by atoms with van der Waals surface area (Å²) in [5.41, 5.74) is -1.35. The Bertz CT molecular complexity index is 893. The van der Waals surface area contributed by atoms with Gasteiger partial charge >= 0.3 is 6.09 Å². The zero-order valence-corrected chi connectivity index (χ0v) is 22.3. The minimum Gasteiger partial charge on any atom is -0.444 e. The highest BCUT2D eigenvalue weighted by atomic mass is 28.4. The van der Waals surface area contributed by atoms with Crippen molar-refractivity contribution in [2.45, 2.75) is 77.8 Å². The van der Waals surface area contributed by atoms with Gasteiger partial charge in [-0.1, -0.05) is 81.4 Å². The molecule has 1 fully saturated rings. The van der Waals surface area contributed by atoms with Crippen molar-refractivity contribution < 1.29 is 18.7 Å². The van der Waals surface area contributed by atoms with Gasteiger partial charge in [-0.2, -0.15) is 0 Å². The summed E-state index contributed by atoms with van der Waals surface area (Å²) in [5.74, 6) is 0. The molecule has 1 aliphatic heterocycles. The fourth-order valence-electron chi connectivity index (χ4n) is 4.67. The second kappa shape index (κ2) is 9.24. The summed E-state index contributed by atoms with van der Waals surface area (Å²) >= 11 is 0. The number of carbonyl (C=O) groups excluding carboxylic acids is 1. The van der Waals surface area contributed by atoms with E-state index >= 15 is 0 Å². The van der Waals surface area contributed by atoms with Crippen molar-refractivity contribution in [3.63, 3.8) is 0 Å². The van der Waals surface area contributed by atoms with Gasteiger partial charge in [-0.25, -0.2) is 4.79 Å². The van der Waals surface area contributed by atoms with E-state index in [9.17, 15) is 4.79 Å². The molecule has 2 aromatic rings. The predicted octanol–water partition coefficient (Wildman–Crippen LogP) is 4.94. The number of hydrogen-bond donors (Lipinski definition) is 0. The fraction of sp³-hybridized carbons (Fsp3) is 0.519. The van der Waals surface area contributed by atoms with Gasteiger partial charge in [-0.3, -0.25) is 4.90 Å². The van der Waals surface area contributed by atoms with Crippen molar-refractivity contribution in [3.05, 3.63) is 60.7 Å². The minimum atomic E-state index is -2.71. The molecule has 0 spiro atoms. The first kappa shape index (κ1) is 25.5. The van der Waals surface area contributed by atoms with E-state index in [2.05, 4.69) is 69.3 Å². The van der Waals surface area contributed by atoms with Gasteiger partial charge in [-0.05, 0) is 50.0 Å². The molecule has 0 aliphatic carbocycles. The topological polar surface area (TPSA) is 48.0 Å². The van der Waals surface area contributed by atoms with Crippen LogP contribution in [0.1, 0.15) is 55.4 Å². The smallest absolute Gasteiger partial charge is 0.412 e. The number of carbonyl (C=O) groups is 1. The van der Waals surface area contributed by atoms with E-state index in [-0.39, 0.29) is 17.2 Å². The Hall–Kier alpha value is -2.15. The molecule has 180 valence electrons. The molecule has 0 saturated carbocycles. The summed E-state index contributed by atoms with van der Waals surface area (Å²) in [4.78, 5) is 14.8. The molecule has 0 aromatic heterocycles. The molecule has 0 unspecified atom stereocenters. The molecular weight excluding hydrogens is 430 g/mol. The van der Waals surface area contributed by atoms with Crippen LogP contribution in [0, 0.1) is 0 Å². The van der Waals surface area contributed by atoms with Crippen molar-refractivity contribution >= 4 is 24.8 Å². The molecule has 0 N–H and O–H groups in total. The molecule has 33 heavy (non-hydrogen) atoms. The van der Waals surface area contributed by atoms with E-state index < -0.39 is 19.6 Å². The normalized spacial score (nSPS) is 18.9. The van der Waals surface area contributed by atoms with Gasteiger partial charge in [-0.15, -0.1) is 0 Å². The predicted molar refractivity (Wildman–Crippen MR) is 135 cm³/mol. The third-order valence-corrected chi connectivity index (χ3v) is 11.1. The van der Waals surface area contributed by atoms with Crippen LogP contribution >= 0.6 is 0 Å². The average molecular weight is 470 g/mol. The van der Waals surface area contributed by atoms with E-state index in [0.717, 1.165) is 0 Å². The molecular formula is C27H39NO4Si. The number of rotatable bonds is 5. The van der Waals surface area contributed by atoms with Gasteiger partial charge in [0.25, 0.3) is 8.32 Å². The number of amides is 1. The molecule has 1 saturated heterocycles.